The molecule has 0 saturated carbocycles. The lowest BCUT2D eigenvalue weighted by Gasteiger charge is -2.24. The average Bonchev–Trinajstić information content (AvgIpc) is 3.53. The van der Waals surface area contributed by atoms with E-state index in [1.807, 2.05) is 24.8 Å². The van der Waals surface area contributed by atoms with Crippen LogP contribution in [0.1, 0.15) is 67.5 Å². The third-order valence-electron chi connectivity index (χ3n) is 6.38. The van der Waals surface area contributed by atoms with E-state index < -0.39 is 12.0 Å². The van der Waals surface area contributed by atoms with Crippen molar-refractivity contribution in [3.63, 3.8) is 0 Å². The Labute approximate surface area is 190 Å². The smallest absolute Gasteiger partial charge is 0.240 e. The molecular formula is C23H26FN7O2. The quantitative estimate of drug-likeness (QED) is 0.547. The van der Waals surface area contributed by atoms with Gasteiger partial charge in [0.15, 0.2) is 0 Å². The van der Waals surface area contributed by atoms with E-state index in [9.17, 15) is 9.18 Å². The van der Waals surface area contributed by atoms with E-state index >= 15 is 0 Å². The highest BCUT2D eigenvalue weighted by molar-refractivity contribution is 5.83. The van der Waals surface area contributed by atoms with Crippen LogP contribution >= 0.6 is 0 Å². The van der Waals surface area contributed by atoms with Crippen LogP contribution in [0.2, 0.25) is 0 Å². The number of rotatable bonds is 6. The van der Waals surface area contributed by atoms with Crippen molar-refractivity contribution in [2.75, 3.05) is 16.8 Å². The summed E-state index contributed by atoms with van der Waals surface area (Å²) in [6.07, 6.45) is 4.61. The van der Waals surface area contributed by atoms with Gasteiger partial charge in [0.25, 0.3) is 0 Å². The van der Waals surface area contributed by atoms with E-state index in [0.29, 0.717) is 30.6 Å². The van der Waals surface area contributed by atoms with Crippen molar-refractivity contribution in [1.29, 1.82) is 0 Å². The number of fused-ring (bicyclic) bond motifs is 1. The van der Waals surface area contributed by atoms with Gasteiger partial charge in [0.1, 0.15) is 11.9 Å². The molecule has 0 spiro atoms. The number of pyridine rings is 1. The number of amides is 1. The summed E-state index contributed by atoms with van der Waals surface area (Å²) < 4.78 is 18.9. The van der Waals surface area contributed by atoms with Crippen LogP contribution in [0.15, 0.2) is 28.9 Å². The standard InChI is InChI=1S/C23H26FN7O2/c1-12(2)16-10-19(33-30-16)28-22-20-14(13-5-8-18(24)26-11-13)6-7-15(20)27-23(29-22)31-9-3-4-17(31)21(25)32/h5,8,10-12,14,17H,3-4,6-7,9H2,1-2H3,(H2,25,32)(H,27,28,29). The van der Waals surface area contributed by atoms with Crippen LogP contribution in [0, 0.1) is 5.95 Å². The first-order chi connectivity index (χ1) is 15.9. The summed E-state index contributed by atoms with van der Waals surface area (Å²) in [4.78, 5) is 27.3. The number of aryl methyl sites for hydroxylation is 1. The number of nitrogens with zero attached hydrogens (tertiary/aromatic N) is 5. The predicted molar refractivity (Wildman–Crippen MR) is 120 cm³/mol. The van der Waals surface area contributed by atoms with Crippen molar-refractivity contribution in [3.05, 3.63) is 52.9 Å². The zero-order valence-corrected chi connectivity index (χ0v) is 18.6. The van der Waals surface area contributed by atoms with Gasteiger partial charge in [-0.3, -0.25) is 4.79 Å². The van der Waals surface area contributed by atoms with Crippen LogP contribution in [-0.4, -0.2) is 38.6 Å². The first kappa shape index (κ1) is 21.3. The minimum Gasteiger partial charge on any atom is -0.368 e. The van der Waals surface area contributed by atoms with Crippen LogP contribution in [0.25, 0.3) is 0 Å². The number of anilines is 3. The van der Waals surface area contributed by atoms with Crippen LogP contribution in [0.5, 0.6) is 0 Å². The summed E-state index contributed by atoms with van der Waals surface area (Å²) in [5.41, 5.74) is 9.16. The number of carbonyl (C=O) groups excluding carboxylic acids is 1. The second-order valence-corrected chi connectivity index (χ2v) is 8.89. The molecule has 3 aromatic heterocycles. The molecule has 0 bridgehead atoms. The van der Waals surface area contributed by atoms with Crippen LogP contribution in [0.3, 0.4) is 0 Å². The molecule has 0 radical (unpaired) electrons. The SMILES string of the molecule is CC(C)c1cc(Nc2nc(N3CCCC3C(N)=O)nc3c2C(c2ccc(F)nc2)CC3)on1. The van der Waals surface area contributed by atoms with E-state index in [4.69, 9.17) is 20.2 Å². The van der Waals surface area contributed by atoms with E-state index in [2.05, 4.69) is 15.5 Å². The normalized spacial score (nSPS) is 19.8. The zero-order valence-electron chi connectivity index (χ0n) is 18.6. The Hall–Kier alpha value is -3.56. The molecule has 3 N–H and O–H groups in total. The third-order valence-corrected chi connectivity index (χ3v) is 6.38. The molecule has 3 aromatic rings. The van der Waals surface area contributed by atoms with Gasteiger partial charge in [-0.25, -0.2) is 9.97 Å². The van der Waals surface area contributed by atoms with E-state index in [-0.39, 0.29) is 17.7 Å². The molecule has 1 aliphatic carbocycles. The topological polar surface area (TPSA) is 123 Å². The van der Waals surface area contributed by atoms with Crippen LogP contribution < -0.4 is 16.0 Å². The molecule has 4 heterocycles. The van der Waals surface area contributed by atoms with Gasteiger partial charge in [-0.15, -0.1) is 0 Å². The molecule has 1 saturated heterocycles. The summed E-state index contributed by atoms with van der Waals surface area (Å²) in [5, 5.41) is 7.40. The Balaban J connectivity index is 1.58. The van der Waals surface area contributed by atoms with Gasteiger partial charge in [0, 0.05) is 30.3 Å². The molecule has 1 amide bonds. The summed E-state index contributed by atoms with van der Waals surface area (Å²) in [5.74, 6) is 0.816. The van der Waals surface area contributed by atoms with Crippen molar-refractivity contribution >= 4 is 23.6 Å². The molecule has 2 atom stereocenters. The molecule has 1 aliphatic heterocycles. The Morgan fingerprint density at radius 1 is 1.30 bits per heavy atom. The molecule has 172 valence electrons. The summed E-state index contributed by atoms with van der Waals surface area (Å²) in [6, 6.07) is 4.54. The number of nitrogens with two attached hydrogens (primary N) is 1. The number of halogens is 1. The summed E-state index contributed by atoms with van der Waals surface area (Å²) in [6.45, 7) is 4.74. The molecule has 0 aromatic carbocycles. The second kappa shape index (κ2) is 8.42. The molecule has 9 nitrogen and oxygen atoms in total. The maximum absolute atomic E-state index is 13.4. The Bertz CT molecular complexity index is 1180. The van der Waals surface area contributed by atoms with Gasteiger partial charge in [-0.1, -0.05) is 25.1 Å². The highest BCUT2D eigenvalue weighted by atomic mass is 19.1. The highest BCUT2D eigenvalue weighted by Crippen LogP contribution is 2.43. The van der Waals surface area contributed by atoms with Gasteiger partial charge >= 0.3 is 0 Å². The van der Waals surface area contributed by atoms with Crippen molar-refractivity contribution in [2.24, 2.45) is 5.73 Å². The lowest BCUT2D eigenvalue weighted by atomic mass is 9.95. The Morgan fingerprint density at radius 3 is 2.85 bits per heavy atom. The molecular weight excluding hydrogens is 425 g/mol. The zero-order chi connectivity index (χ0) is 23.1. The van der Waals surface area contributed by atoms with Gasteiger partial charge in [-0.2, -0.15) is 9.37 Å². The fraction of sp³-hybridized carbons (Fsp3) is 0.435. The van der Waals surface area contributed by atoms with Crippen molar-refractivity contribution in [3.8, 4) is 0 Å². The number of aromatic nitrogens is 4. The minimum atomic E-state index is -0.517. The fourth-order valence-corrected chi connectivity index (χ4v) is 4.67. The molecule has 2 aliphatic rings. The van der Waals surface area contributed by atoms with Crippen molar-refractivity contribution in [2.45, 2.75) is 57.4 Å². The highest BCUT2D eigenvalue weighted by Gasteiger charge is 2.35. The monoisotopic (exact) mass is 451 g/mol. The van der Waals surface area contributed by atoms with Gasteiger partial charge in [0.05, 0.1) is 11.4 Å². The van der Waals surface area contributed by atoms with E-state index in [1.54, 1.807) is 12.3 Å². The molecule has 10 heteroatoms. The van der Waals surface area contributed by atoms with E-state index in [0.717, 1.165) is 41.8 Å². The molecule has 2 unspecified atom stereocenters. The molecule has 1 fully saturated rings. The third kappa shape index (κ3) is 4.01. The van der Waals surface area contributed by atoms with Crippen LogP contribution in [0.4, 0.5) is 22.0 Å². The fourth-order valence-electron chi connectivity index (χ4n) is 4.67. The summed E-state index contributed by atoms with van der Waals surface area (Å²) in [7, 11) is 0. The Kier molecular flexibility index (Phi) is 5.43. The average molecular weight is 452 g/mol. The van der Waals surface area contributed by atoms with Crippen LogP contribution in [-0.2, 0) is 11.2 Å². The number of primary amides is 1. The number of carbonyl (C=O) groups is 1. The Morgan fingerprint density at radius 2 is 2.15 bits per heavy atom. The minimum absolute atomic E-state index is 0.0392. The molecule has 5 rings (SSSR count). The number of nitrogens with one attached hydrogen (secondary N) is 1. The maximum Gasteiger partial charge on any atom is 0.240 e. The van der Waals surface area contributed by atoms with Gasteiger partial charge in [0.2, 0.25) is 23.7 Å². The number of hydrogen-bond acceptors (Lipinski definition) is 8. The lowest BCUT2D eigenvalue weighted by molar-refractivity contribution is -0.119. The first-order valence-electron chi connectivity index (χ1n) is 11.2. The molecule has 33 heavy (non-hydrogen) atoms. The van der Waals surface area contributed by atoms with E-state index in [1.165, 1.54) is 6.07 Å². The predicted octanol–water partition coefficient (Wildman–Crippen LogP) is 3.40. The second-order valence-electron chi connectivity index (χ2n) is 8.89. The summed E-state index contributed by atoms with van der Waals surface area (Å²) >= 11 is 0. The van der Waals surface area contributed by atoms with Crippen molar-refractivity contribution in [1.82, 2.24) is 20.1 Å². The maximum atomic E-state index is 13.4. The van der Waals surface area contributed by atoms with Gasteiger partial charge in [-0.05, 0) is 43.2 Å². The number of hydrogen-bond donors (Lipinski definition) is 2. The van der Waals surface area contributed by atoms with Gasteiger partial charge < -0.3 is 20.5 Å². The largest absolute Gasteiger partial charge is 0.368 e. The van der Waals surface area contributed by atoms with Crippen molar-refractivity contribution < 1.29 is 13.7 Å². The lowest BCUT2D eigenvalue weighted by Crippen LogP contribution is -2.41. The first-order valence-corrected chi connectivity index (χ1v) is 11.2.